The maximum absolute atomic E-state index is 11.3. The highest BCUT2D eigenvalue weighted by Crippen LogP contribution is 1.82. The molecular formula is C10H18N4O7. The van der Waals surface area contributed by atoms with E-state index in [0.29, 0.717) is 0 Å². The minimum Gasteiger partial charge on any atom is -0.480 e. The van der Waals surface area contributed by atoms with Crippen LogP contribution in [-0.2, 0) is 19.2 Å². The van der Waals surface area contributed by atoms with Gasteiger partial charge in [0, 0.05) is 0 Å². The molecule has 11 heteroatoms. The Morgan fingerprint density at radius 3 is 2.00 bits per heavy atom. The SMILES string of the molecule is N[C@@H](CO)C(=O)NCC(=O)NCC(=O)N[C@@H](CO)C(=O)O. The molecule has 0 rings (SSSR count). The molecule has 0 aromatic rings. The number of aliphatic hydroxyl groups is 2. The molecule has 0 radical (unpaired) electrons. The lowest BCUT2D eigenvalue weighted by molar-refractivity contribution is -0.142. The van der Waals surface area contributed by atoms with Gasteiger partial charge in [-0.05, 0) is 0 Å². The van der Waals surface area contributed by atoms with Crippen LogP contribution in [0.3, 0.4) is 0 Å². The quantitative estimate of drug-likeness (QED) is 0.220. The van der Waals surface area contributed by atoms with Crippen LogP contribution in [0, 0.1) is 0 Å². The Morgan fingerprint density at radius 1 is 0.952 bits per heavy atom. The summed E-state index contributed by atoms with van der Waals surface area (Å²) in [5.74, 6) is -3.67. The van der Waals surface area contributed by atoms with Crippen molar-refractivity contribution in [1.82, 2.24) is 16.0 Å². The molecule has 8 N–H and O–H groups in total. The van der Waals surface area contributed by atoms with E-state index in [4.69, 9.17) is 21.1 Å². The fourth-order valence-corrected chi connectivity index (χ4v) is 1.05. The third-order valence-corrected chi connectivity index (χ3v) is 2.22. The zero-order valence-corrected chi connectivity index (χ0v) is 11.0. The molecule has 0 saturated heterocycles. The Bertz CT molecular complexity index is 401. The van der Waals surface area contributed by atoms with Crippen LogP contribution in [-0.4, -0.2) is 77.4 Å². The molecule has 21 heavy (non-hydrogen) atoms. The number of carbonyl (C=O) groups excluding carboxylic acids is 3. The van der Waals surface area contributed by atoms with Crippen LogP contribution >= 0.6 is 0 Å². The van der Waals surface area contributed by atoms with Gasteiger partial charge in [0.15, 0.2) is 0 Å². The summed E-state index contributed by atoms with van der Waals surface area (Å²) < 4.78 is 0. The van der Waals surface area contributed by atoms with E-state index in [0.717, 1.165) is 0 Å². The van der Waals surface area contributed by atoms with Crippen molar-refractivity contribution >= 4 is 23.7 Å². The van der Waals surface area contributed by atoms with E-state index in [1.54, 1.807) is 0 Å². The second-order valence-electron chi connectivity index (χ2n) is 3.92. The van der Waals surface area contributed by atoms with Gasteiger partial charge in [-0.25, -0.2) is 4.79 Å². The first-order chi connectivity index (χ1) is 9.81. The van der Waals surface area contributed by atoms with E-state index in [-0.39, 0.29) is 0 Å². The largest absolute Gasteiger partial charge is 0.480 e. The van der Waals surface area contributed by atoms with E-state index in [2.05, 4.69) is 10.6 Å². The smallest absolute Gasteiger partial charge is 0.328 e. The topological polar surface area (TPSA) is 191 Å². The number of hydrogen-bond acceptors (Lipinski definition) is 7. The Balaban J connectivity index is 4.00. The second-order valence-corrected chi connectivity index (χ2v) is 3.92. The van der Waals surface area contributed by atoms with Crippen molar-refractivity contribution < 1.29 is 34.5 Å². The number of rotatable bonds is 9. The van der Waals surface area contributed by atoms with Gasteiger partial charge in [0.1, 0.15) is 12.1 Å². The van der Waals surface area contributed by atoms with Crippen LogP contribution in [0.5, 0.6) is 0 Å². The minimum absolute atomic E-state index is 0.456. The molecular weight excluding hydrogens is 288 g/mol. The Kier molecular flexibility index (Phi) is 8.60. The van der Waals surface area contributed by atoms with Crippen molar-refractivity contribution in [2.75, 3.05) is 26.3 Å². The van der Waals surface area contributed by atoms with Gasteiger partial charge in [-0.2, -0.15) is 0 Å². The fraction of sp³-hybridized carbons (Fsp3) is 0.600. The summed E-state index contributed by atoms with van der Waals surface area (Å²) in [4.78, 5) is 44.2. The molecule has 120 valence electrons. The highest BCUT2D eigenvalue weighted by molar-refractivity contribution is 5.90. The van der Waals surface area contributed by atoms with Crippen LogP contribution in [0.4, 0.5) is 0 Å². The number of nitrogens with one attached hydrogen (secondary N) is 3. The molecule has 0 aliphatic carbocycles. The zero-order valence-electron chi connectivity index (χ0n) is 11.0. The van der Waals surface area contributed by atoms with E-state index < -0.39 is 62.1 Å². The Labute approximate surface area is 119 Å². The molecule has 0 aromatic carbocycles. The summed E-state index contributed by atoms with van der Waals surface area (Å²) in [7, 11) is 0. The number of hydrogen-bond donors (Lipinski definition) is 7. The van der Waals surface area contributed by atoms with Crippen molar-refractivity contribution in [2.45, 2.75) is 12.1 Å². The first kappa shape index (κ1) is 18.8. The van der Waals surface area contributed by atoms with Gasteiger partial charge in [0.05, 0.1) is 26.3 Å². The Hall–Kier alpha value is -2.24. The predicted molar refractivity (Wildman–Crippen MR) is 67.7 cm³/mol. The average molecular weight is 306 g/mol. The number of carbonyl (C=O) groups is 4. The summed E-state index contributed by atoms with van der Waals surface area (Å²) in [6, 6.07) is -2.61. The van der Waals surface area contributed by atoms with Crippen LogP contribution < -0.4 is 21.7 Å². The number of aliphatic carboxylic acids is 1. The lowest BCUT2D eigenvalue weighted by Crippen LogP contribution is -2.49. The van der Waals surface area contributed by atoms with Gasteiger partial charge in [0.25, 0.3) is 0 Å². The van der Waals surface area contributed by atoms with Crippen molar-refractivity contribution in [3.05, 3.63) is 0 Å². The van der Waals surface area contributed by atoms with Gasteiger partial charge in [-0.1, -0.05) is 0 Å². The molecule has 11 nitrogen and oxygen atoms in total. The monoisotopic (exact) mass is 306 g/mol. The molecule has 3 amide bonds. The summed E-state index contributed by atoms with van der Waals surface area (Å²) in [5.41, 5.74) is 5.19. The normalized spacial score (nSPS) is 12.9. The molecule has 0 aliphatic rings. The standard InChI is InChI=1S/C10H18N4O7/c11-5(3-15)9(19)13-1-7(17)12-2-8(18)14-6(4-16)10(20)21/h5-6,15-16H,1-4,11H2,(H,12,17)(H,13,19)(H,14,18)(H,20,21)/t5-,6-/m0/s1. The lowest BCUT2D eigenvalue weighted by atomic mass is 10.3. The minimum atomic E-state index is -1.46. The van der Waals surface area contributed by atoms with Crippen LogP contribution in [0.15, 0.2) is 0 Å². The summed E-state index contributed by atoms with van der Waals surface area (Å²) in [6.07, 6.45) is 0. The highest BCUT2D eigenvalue weighted by atomic mass is 16.4. The van der Waals surface area contributed by atoms with Crippen molar-refractivity contribution in [3.8, 4) is 0 Å². The Morgan fingerprint density at radius 2 is 1.52 bits per heavy atom. The summed E-state index contributed by atoms with van der Waals surface area (Å²) in [6.45, 7) is -2.34. The maximum atomic E-state index is 11.3. The molecule has 0 heterocycles. The third-order valence-electron chi connectivity index (χ3n) is 2.22. The van der Waals surface area contributed by atoms with Crippen molar-refractivity contribution in [2.24, 2.45) is 5.73 Å². The van der Waals surface area contributed by atoms with Gasteiger partial charge in [0.2, 0.25) is 17.7 Å². The van der Waals surface area contributed by atoms with Gasteiger partial charge in [-0.3, -0.25) is 14.4 Å². The van der Waals surface area contributed by atoms with E-state index in [1.165, 1.54) is 0 Å². The fourth-order valence-electron chi connectivity index (χ4n) is 1.05. The number of amides is 3. The summed E-state index contributed by atoms with van der Waals surface area (Å²) >= 11 is 0. The maximum Gasteiger partial charge on any atom is 0.328 e. The van der Waals surface area contributed by atoms with Crippen molar-refractivity contribution in [3.63, 3.8) is 0 Å². The first-order valence-electron chi connectivity index (χ1n) is 5.85. The lowest BCUT2D eigenvalue weighted by Gasteiger charge is -2.12. The van der Waals surface area contributed by atoms with Crippen LogP contribution in [0.25, 0.3) is 0 Å². The number of carboxylic acid groups (broad SMARTS) is 1. The van der Waals surface area contributed by atoms with Crippen LogP contribution in [0.1, 0.15) is 0 Å². The highest BCUT2D eigenvalue weighted by Gasteiger charge is 2.19. The molecule has 0 fully saturated rings. The third kappa shape index (κ3) is 7.81. The van der Waals surface area contributed by atoms with E-state index >= 15 is 0 Å². The molecule has 0 aliphatic heterocycles. The first-order valence-corrected chi connectivity index (χ1v) is 5.85. The van der Waals surface area contributed by atoms with Crippen LogP contribution in [0.2, 0.25) is 0 Å². The molecule has 0 spiro atoms. The number of aliphatic hydroxyl groups excluding tert-OH is 2. The molecule has 0 saturated carbocycles. The van der Waals surface area contributed by atoms with Gasteiger partial charge < -0.3 is 37.0 Å². The van der Waals surface area contributed by atoms with Gasteiger partial charge in [-0.15, -0.1) is 0 Å². The molecule has 0 aromatic heterocycles. The average Bonchev–Trinajstić information content (AvgIpc) is 2.46. The molecule has 2 atom stereocenters. The number of nitrogens with two attached hydrogens (primary N) is 1. The molecule has 0 bridgehead atoms. The van der Waals surface area contributed by atoms with E-state index in [9.17, 15) is 19.2 Å². The second kappa shape index (κ2) is 9.63. The van der Waals surface area contributed by atoms with Gasteiger partial charge >= 0.3 is 5.97 Å². The predicted octanol–water partition coefficient (Wildman–Crippen LogP) is -4.90. The van der Waals surface area contributed by atoms with E-state index in [1.807, 2.05) is 5.32 Å². The molecule has 0 unspecified atom stereocenters. The number of carboxylic acids is 1. The van der Waals surface area contributed by atoms with Crippen molar-refractivity contribution in [1.29, 1.82) is 0 Å². The zero-order chi connectivity index (χ0) is 16.4. The summed E-state index contributed by atoms with van der Waals surface area (Å²) in [5, 5.41) is 32.1.